The van der Waals surface area contributed by atoms with E-state index in [0.29, 0.717) is 0 Å². The predicted molar refractivity (Wildman–Crippen MR) is 104 cm³/mol. The van der Waals surface area contributed by atoms with Crippen molar-refractivity contribution in [2.75, 3.05) is 6.26 Å². The summed E-state index contributed by atoms with van der Waals surface area (Å²) in [4.78, 5) is 32.2. The van der Waals surface area contributed by atoms with Crippen LogP contribution in [0.4, 0.5) is 4.39 Å². The minimum absolute atomic E-state index is 0.00932. The summed E-state index contributed by atoms with van der Waals surface area (Å²) in [6.07, 6.45) is 1.05. The smallest absolute Gasteiger partial charge is 0.197 e. The average molecular weight is 400 g/mol. The van der Waals surface area contributed by atoms with Crippen LogP contribution in [0.25, 0.3) is 0 Å². The topological polar surface area (TPSA) is 81.5 Å². The van der Waals surface area contributed by atoms with Crippen molar-refractivity contribution in [3.05, 3.63) is 88.3 Å². The zero-order valence-corrected chi connectivity index (χ0v) is 15.5. The van der Waals surface area contributed by atoms with Gasteiger partial charge in [-0.2, -0.15) is 0 Å². The summed E-state index contributed by atoms with van der Waals surface area (Å²) in [5.74, 6) is -2.11. The minimum Gasteiger partial charge on any atom is -0.486 e. The van der Waals surface area contributed by atoms with Crippen LogP contribution in [0.15, 0.2) is 71.1 Å². The summed E-state index contributed by atoms with van der Waals surface area (Å²) in [5, 5.41) is 2.63. The Morgan fingerprint density at radius 3 is 2.86 bits per heavy atom. The molecule has 3 aromatic rings. The van der Waals surface area contributed by atoms with Crippen LogP contribution in [0.1, 0.15) is 31.7 Å². The van der Waals surface area contributed by atoms with E-state index in [-0.39, 0.29) is 23.1 Å². The van der Waals surface area contributed by atoms with Crippen LogP contribution >= 0.6 is 11.8 Å². The van der Waals surface area contributed by atoms with Gasteiger partial charge in [-0.05, 0) is 36.1 Å². The summed E-state index contributed by atoms with van der Waals surface area (Å²) in [6.45, 7) is 0.0371. The first-order valence-electron chi connectivity index (χ1n) is 9.55. The summed E-state index contributed by atoms with van der Waals surface area (Å²) in [5.41, 5.74) is -0.0716. The van der Waals surface area contributed by atoms with E-state index in [1.807, 2.05) is 6.07 Å². The van der Waals surface area contributed by atoms with Crippen LogP contribution in [0.2, 0.25) is 0 Å². The van der Waals surface area contributed by atoms with E-state index in [1.165, 1.54) is 0 Å². The maximum absolute atomic E-state index is 14.2. The van der Waals surface area contributed by atoms with Crippen molar-refractivity contribution in [2.24, 2.45) is 5.18 Å². The molecule has 0 aliphatic rings. The Hall–Kier alpha value is -3.13. The lowest BCUT2D eigenvalue weighted by molar-refractivity contribution is 0.0959. The summed E-state index contributed by atoms with van der Waals surface area (Å²) in [6, 6.07) is 8.59. The zero-order valence-electron chi connectivity index (χ0n) is 17.7. The van der Waals surface area contributed by atoms with Crippen molar-refractivity contribution in [2.45, 2.75) is 17.8 Å². The molecule has 0 aliphatic carbocycles. The Kier molecular flexibility index (Phi) is 5.21. The number of Topliss-reactive ketones (excluding diaryl/α,β-unsaturated/α-hetero) is 1. The second-order valence-electron chi connectivity index (χ2n) is 5.48. The van der Waals surface area contributed by atoms with E-state index in [4.69, 9.17) is 8.85 Å². The molecule has 6 nitrogen and oxygen atoms in total. The Morgan fingerprint density at radius 2 is 2.14 bits per heavy atom. The SMILES string of the molecule is [2H]c1nc(SC)nc(C([2H])(N=O)C(=O)c2ccc(F)c(OCc3ccccc3)c2)c1[2H]. The highest BCUT2D eigenvalue weighted by Crippen LogP contribution is 2.26. The normalized spacial score (nSPS) is 14.3. The molecule has 3 rings (SSSR count). The quantitative estimate of drug-likeness (QED) is 0.238. The number of hydrogen-bond donors (Lipinski definition) is 0. The van der Waals surface area contributed by atoms with Crippen LogP contribution < -0.4 is 4.74 Å². The number of nitrogens with zero attached hydrogens (tertiary/aromatic N) is 3. The van der Waals surface area contributed by atoms with Crippen LogP contribution in [0, 0.1) is 10.7 Å². The van der Waals surface area contributed by atoms with Crippen LogP contribution in [0.3, 0.4) is 0 Å². The maximum atomic E-state index is 14.2. The molecule has 1 heterocycles. The number of rotatable bonds is 8. The summed E-state index contributed by atoms with van der Waals surface area (Å²) in [7, 11) is 0. The zero-order chi connectivity index (χ0) is 22.6. The fourth-order valence-corrected chi connectivity index (χ4v) is 2.62. The molecule has 0 bridgehead atoms. The number of ketones is 1. The van der Waals surface area contributed by atoms with Gasteiger partial charge in [0.25, 0.3) is 0 Å². The third-order valence-electron chi connectivity index (χ3n) is 3.68. The number of nitroso groups, excluding NO2 is 1. The highest BCUT2D eigenvalue weighted by molar-refractivity contribution is 7.98. The summed E-state index contributed by atoms with van der Waals surface area (Å²) >= 11 is 1.02. The third kappa shape index (κ3) is 4.58. The van der Waals surface area contributed by atoms with E-state index >= 15 is 0 Å². The molecule has 0 saturated heterocycles. The van der Waals surface area contributed by atoms with Crippen LogP contribution in [-0.4, -0.2) is 22.0 Å². The first kappa shape index (κ1) is 15.9. The van der Waals surface area contributed by atoms with Crippen LogP contribution in [-0.2, 0) is 6.61 Å². The Morgan fingerprint density at radius 1 is 1.36 bits per heavy atom. The van der Waals surface area contributed by atoms with Crippen molar-refractivity contribution < 1.29 is 18.0 Å². The average Bonchev–Trinajstić information content (AvgIpc) is 2.79. The van der Waals surface area contributed by atoms with Crippen molar-refractivity contribution in [1.82, 2.24) is 9.97 Å². The molecule has 0 radical (unpaired) electrons. The molecule has 0 saturated carbocycles. The molecule has 8 heteroatoms. The van der Waals surface area contributed by atoms with E-state index in [2.05, 4.69) is 15.1 Å². The van der Waals surface area contributed by atoms with Gasteiger partial charge in [-0.25, -0.2) is 14.4 Å². The first-order valence-corrected chi connectivity index (χ1v) is 9.28. The lowest BCUT2D eigenvalue weighted by atomic mass is 10.0. The van der Waals surface area contributed by atoms with Gasteiger partial charge in [0.15, 0.2) is 28.5 Å². The van der Waals surface area contributed by atoms with Crippen LogP contribution in [0.5, 0.6) is 5.75 Å². The molecule has 1 unspecified atom stereocenters. The minimum atomic E-state index is -2.85. The molecule has 142 valence electrons. The molecule has 1 atom stereocenters. The molecule has 28 heavy (non-hydrogen) atoms. The number of ether oxygens (including phenoxy) is 1. The van der Waals surface area contributed by atoms with Crippen molar-refractivity contribution in [3.8, 4) is 5.75 Å². The fraction of sp³-hybridized carbons (Fsp3) is 0.150. The van der Waals surface area contributed by atoms with Gasteiger partial charge in [0, 0.05) is 11.7 Å². The second-order valence-corrected chi connectivity index (χ2v) is 6.26. The van der Waals surface area contributed by atoms with E-state index in [9.17, 15) is 14.1 Å². The van der Waals surface area contributed by atoms with Crippen molar-refractivity contribution >= 4 is 17.5 Å². The highest BCUT2D eigenvalue weighted by atomic mass is 32.2. The Bertz CT molecular complexity index is 1140. The van der Waals surface area contributed by atoms with Crippen molar-refractivity contribution in [1.29, 1.82) is 0 Å². The van der Waals surface area contributed by atoms with E-state index in [0.717, 1.165) is 35.5 Å². The monoisotopic (exact) mass is 400 g/mol. The van der Waals surface area contributed by atoms with Gasteiger partial charge in [-0.15, -0.1) is 4.91 Å². The molecule has 2 aromatic carbocycles. The van der Waals surface area contributed by atoms with Gasteiger partial charge >= 0.3 is 0 Å². The van der Waals surface area contributed by atoms with Gasteiger partial charge in [0.05, 0.1) is 9.81 Å². The van der Waals surface area contributed by atoms with Gasteiger partial charge in [0.2, 0.25) is 0 Å². The van der Waals surface area contributed by atoms with Crippen molar-refractivity contribution in [3.63, 3.8) is 0 Å². The van der Waals surface area contributed by atoms with Gasteiger partial charge < -0.3 is 4.74 Å². The number of halogens is 1. The lowest BCUT2D eigenvalue weighted by Crippen LogP contribution is -2.13. The first-order chi connectivity index (χ1) is 14.8. The standard InChI is InChI=1S/C20H16FN3O3S/c1-28-20-22-10-9-16(23-20)18(24-26)19(25)14-7-8-15(21)17(11-14)27-12-13-5-3-2-4-6-13/h2-11,18H,12H2,1H3/i9D,10D,18D. The molecule has 0 aliphatic heterocycles. The molecule has 1 aromatic heterocycles. The number of carbonyl (C=O) groups excluding carboxylic acids is 1. The molecule has 0 spiro atoms. The maximum Gasteiger partial charge on any atom is 0.197 e. The van der Waals surface area contributed by atoms with Gasteiger partial charge in [-0.1, -0.05) is 47.3 Å². The number of hydrogen-bond acceptors (Lipinski definition) is 7. The molecular weight excluding hydrogens is 381 g/mol. The number of benzene rings is 2. The molecule has 0 amide bonds. The molecule has 0 fully saturated rings. The molecular formula is C20H16FN3O3S. The van der Waals surface area contributed by atoms with Gasteiger partial charge in [0.1, 0.15) is 6.61 Å². The lowest BCUT2D eigenvalue weighted by Gasteiger charge is -2.11. The number of thioether (sulfide) groups is 1. The predicted octanol–water partition coefficient (Wildman–Crippen LogP) is 4.61. The fourth-order valence-electron chi connectivity index (χ4n) is 2.30. The summed E-state index contributed by atoms with van der Waals surface area (Å²) < 4.78 is 43.7. The van der Waals surface area contributed by atoms with E-state index in [1.54, 1.807) is 30.5 Å². The highest BCUT2D eigenvalue weighted by Gasteiger charge is 2.26. The largest absolute Gasteiger partial charge is 0.486 e. The number of aromatic nitrogens is 2. The van der Waals surface area contributed by atoms with Gasteiger partial charge in [-0.3, -0.25) is 4.79 Å². The Labute approximate surface area is 169 Å². The second kappa shape index (κ2) is 9.18. The van der Waals surface area contributed by atoms with E-state index < -0.39 is 35.5 Å². The third-order valence-corrected chi connectivity index (χ3v) is 4.22. The number of carbonyl (C=O) groups is 1. The Balaban J connectivity index is 1.97. The molecule has 0 N–H and O–H groups in total.